The standard InChI is InChI=1S/C20H24ClNO5/c1-10(18(26)27-19(2,3)4)22-17(25)14-15(23)12-9-11(21)7-8-13(12)20(5,6)16(14)24/h7-10,23H,1-6H3,(H,22,25)/t10-/m0/s1. The summed E-state index contributed by atoms with van der Waals surface area (Å²) >= 11 is 6.01. The van der Waals surface area contributed by atoms with Gasteiger partial charge in [-0.3, -0.25) is 9.59 Å². The number of carbonyl (C=O) groups excluding carboxylic acids is 3. The maximum atomic E-state index is 12.9. The van der Waals surface area contributed by atoms with E-state index in [1.807, 2.05) is 0 Å². The molecule has 7 heteroatoms. The van der Waals surface area contributed by atoms with Gasteiger partial charge in [0.05, 0.1) is 5.41 Å². The minimum Gasteiger partial charge on any atom is -0.506 e. The van der Waals surface area contributed by atoms with E-state index in [1.165, 1.54) is 13.0 Å². The molecule has 0 fully saturated rings. The normalized spacial score (nSPS) is 17.2. The number of fused-ring (bicyclic) bond motifs is 1. The fourth-order valence-electron chi connectivity index (χ4n) is 2.86. The highest BCUT2D eigenvalue weighted by molar-refractivity contribution is 6.32. The number of ketones is 1. The van der Waals surface area contributed by atoms with E-state index < -0.39 is 46.0 Å². The monoisotopic (exact) mass is 393 g/mol. The Labute approximate surface area is 163 Å². The van der Waals surface area contributed by atoms with E-state index in [0.29, 0.717) is 16.1 Å². The number of carbonyl (C=O) groups is 3. The van der Waals surface area contributed by atoms with Crippen molar-refractivity contribution in [3.8, 4) is 0 Å². The van der Waals surface area contributed by atoms with Crippen LogP contribution in [0.2, 0.25) is 5.02 Å². The minimum atomic E-state index is -1.03. The van der Waals surface area contributed by atoms with Crippen molar-refractivity contribution in [2.24, 2.45) is 0 Å². The summed E-state index contributed by atoms with van der Waals surface area (Å²) < 4.78 is 5.22. The lowest BCUT2D eigenvalue weighted by molar-refractivity contribution is -0.158. The van der Waals surface area contributed by atoms with Gasteiger partial charge in [0.2, 0.25) is 0 Å². The fourth-order valence-corrected chi connectivity index (χ4v) is 3.04. The number of hydrogen-bond acceptors (Lipinski definition) is 5. The first-order valence-corrected chi connectivity index (χ1v) is 8.95. The lowest BCUT2D eigenvalue weighted by Crippen LogP contribution is -2.46. The number of aliphatic hydroxyl groups is 1. The number of hydrogen-bond donors (Lipinski definition) is 2. The average molecular weight is 394 g/mol. The molecule has 1 aromatic carbocycles. The van der Waals surface area contributed by atoms with Crippen molar-refractivity contribution in [1.82, 2.24) is 5.32 Å². The summed E-state index contributed by atoms with van der Waals surface area (Å²) in [6.45, 7) is 9.91. The van der Waals surface area contributed by atoms with Gasteiger partial charge >= 0.3 is 5.97 Å². The molecule has 27 heavy (non-hydrogen) atoms. The minimum absolute atomic E-state index is 0.321. The molecule has 0 saturated carbocycles. The Morgan fingerprint density at radius 3 is 2.41 bits per heavy atom. The fraction of sp³-hybridized carbons (Fsp3) is 0.450. The maximum absolute atomic E-state index is 12.9. The van der Waals surface area contributed by atoms with Gasteiger partial charge in [0, 0.05) is 10.6 Å². The Balaban J connectivity index is 2.39. The van der Waals surface area contributed by atoms with Crippen LogP contribution in [0, 0.1) is 0 Å². The number of benzene rings is 1. The van der Waals surface area contributed by atoms with Gasteiger partial charge in [-0.1, -0.05) is 17.7 Å². The molecule has 146 valence electrons. The third-order valence-electron chi connectivity index (χ3n) is 4.28. The molecule has 0 saturated heterocycles. The molecule has 6 nitrogen and oxygen atoms in total. The summed E-state index contributed by atoms with van der Waals surface area (Å²) in [5, 5.41) is 13.4. The van der Waals surface area contributed by atoms with Crippen LogP contribution in [0.1, 0.15) is 52.7 Å². The van der Waals surface area contributed by atoms with Crippen LogP contribution in [-0.4, -0.2) is 34.4 Å². The van der Waals surface area contributed by atoms with Crippen LogP contribution in [0.4, 0.5) is 0 Å². The van der Waals surface area contributed by atoms with Gasteiger partial charge in [-0.25, -0.2) is 4.79 Å². The Morgan fingerprint density at radius 1 is 1.26 bits per heavy atom. The summed E-state index contributed by atoms with van der Waals surface area (Å²) in [5.74, 6) is -2.47. The van der Waals surface area contributed by atoms with Crippen molar-refractivity contribution >= 4 is 35.0 Å². The molecule has 0 aliphatic heterocycles. The van der Waals surface area contributed by atoms with Crippen molar-refractivity contribution in [2.45, 2.75) is 58.6 Å². The van der Waals surface area contributed by atoms with Crippen LogP contribution in [-0.2, 0) is 24.5 Å². The summed E-state index contributed by atoms with van der Waals surface area (Å²) in [7, 11) is 0. The molecule has 0 unspecified atom stereocenters. The van der Waals surface area contributed by atoms with E-state index in [-0.39, 0.29) is 0 Å². The molecule has 0 heterocycles. The van der Waals surface area contributed by atoms with Crippen LogP contribution < -0.4 is 5.32 Å². The second-order valence-corrected chi connectivity index (χ2v) is 8.53. The highest BCUT2D eigenvalue weighted by Crippen LogP contribution is 2.40. The molecule has 1 aromatic rings. The predicted octanol–water partition coefficient (Wildman–Crippen LogP) is 3.32. The van der Waals surface area contributed by atoms with Crippen LogP contribution >= 0.6 is 11.6 Å². The summed E-state index contributed by atoms with van der Waals surface area (Å²) in [4.78, 5) is 37.7. The first-order valence-electron chi connectivity index (χ1n) is 8.58. The highest BCUT2D eigenvalue weighted by Gasteiger charge is 2.43. The zero-order valence-corrected chi connectivity index (χ0v) is 17.0. The van der Waals surface area contributed by atoms with Crippen molar-refractivity contribution in [3.63, 3.8) is 0 Å². The van der Waals surface area contributed by atoms with Crippen LogP contribution in [0.5, 0.6) is 0 Å². The molecule has 0 spiro atoms. The number of rotatable bonds is 3. The molecule has 2 N–H and O–H groups in total. The number of Topliss-reactive ketones (excluding diaryl/α,β-unsaturated/α-hetero) is 1. The van der Waals surface area contributed by atoms with E-state index in [4.69, 9.17) is 16.3 Å². The van der Waals surface area contributed by atoms with Crippen molar-refractivity contribution in [3.05, 3.63) is 39.9 Å². The summed E-state index contributed by atoms with van der Waals surface area (Å²) in [6.07, 6.45) is 0. The smallest absolute Gasteiger partial charge is 0.328 e. The lowest BCUT2D eigenvalue weighted by atomic mass is 9.71. The number of aliphatic hydroxyl groups excluding tert-OH is 1. The van der Waals surface area contributed by atoms with Crippen LogP contribution in [0.3, 0.4) is 0 Å². The Hall–Kier alpha value is -2.34. The van der Waals surface area contributed by atoms with Gasteiger partial charge in [0.1, 0.15) is 23.0 Å². The molecular formula is C20H24ClNO5. The molecule has 1 atom stereocenters. The Kier molecular flexibility index (Phi) is 5.44. The zero-order chi connectivity index (χ0) is 20.7. The lowest BCUT2D eigenvalue weighted by Gasteiger charge is -2.32. The van der Waals surface area contributed by atoms with Gasteiger partial charge < -0.3 is 15.2 Å². The third kappa shape index (κ3) is 4.16. The maximum Gasteiger partial charge on any atom is 0.328 e. The topological polar surface area (TPSA) is 92.7 Å². The average Bonchev–Trinajstić information content (AvgIpc) is 2.51. The number of amides is 1. The van der Waals surface area contributed by atoms with E-state index in [1.54, 1.807) is 46.8 Å². The van der Waals surface area contributed by atoms with Gasteiger partial charge in [-0.2, -0.15) is 0 Å². The Morgan fingerprint density at radius 2 is 1.85 bits per heavy atom. The molecular weight excluding hydrogens is 370 g/mol. The van der Waals surface area contributed by atoms with Crippen molar-refractivity contribution in [2.75, 3.05) is 0 Å². The first kappa shape index (κ1) is 21.0. The SMILES string of the molecule is C[C@H](NC(=O)C1=C(O)c2cc(Cl)ccc2C(C)(C)C1=O)C(=O)OC(C)(C)C. The third-order valence-corrected chi connectivity index (χ3v) is 4.51. The summed E-state index contributed by atoms with van der Waals surface area (Å²) in [5.41, 5.74) is -1.25. The quantitative estimate of drug-likeness (QED) is 0.607. The van der Waals surface area contributed by atoms with Gasteiger partial charge in [0.25, 0.3) is 5.91 Å². The number of nitrogens with one attached hydrogen (secondary N) is 1. The zero-order valence-electron chi connectivity index (χ0n) is 16.3. The molecule has 0 bridgehead atoms. The largest absolute Gasteiger partial charge is 0.506 e. The van der Waals surface area contributed by atoms with E-state index >= 15 is 0 Å². The molecule has 0 radical (unpaired) electrons. The number of halogens is 1. The second kappa shape index (κ2) is 7.00. The second-order valence-electron chi connectivity index (χ2n) is 8.10. The summed E-state index contributed by atoms with van der Waals surface area (Å²) in [6, 6.07) is 3.79. The number of esters is 1. The van der Waals surface area contributed by atoms with Gasteiger partial charge in [-0.05, 0) is 59.2 Å². The van der Waals surface area contributed by atoms with Crippen molar-refractivity contribution in [1.29, 1.82) is 0 Å². The van der Waals surface area contributed by atoms with Crippen molar-refractivity contribution < 1.29 is 24.2 Å². The highest BCUT2D eigenvalue weighted by atomic mass is 35.5. The predicted molar refractivity (Wildman–Crippen MR) is 102 cm³/mol. The Bertz CT molecular complexity index is 848. The molecule has 2 rings (SSSR count). The molecule has 1 aliphatic carbocycles. The van der Waals surface area contributed by atoms with Gasteiger partial charge in [0.15, 0.2) is 5.78 Å². The molecule has 0 aromatic heterocycles. The van der Waals surface area contributed by atoms with E-state index in [0.717, 1.165) is 0 Å². The number of ether oxygens (including phenoxy) is 1. The van der Waals surface area contributed by atoms with Crippen LogP contribution in [0.15, 0.2) is 23.8 Å². The van der Waals surface area contributed by atoms with Crippen LogP contribution in [0.25, 0.3) is 5.76 Å². The van der Waals surface area contributed by atoms with E-state index in [2.05, 4.69) is 5.32 Å². The first-order chi connectivity index (χ1) is 12.3. The van der Waals surface area contributed by atoms with E-state index in [9.17, 15) is 19.5 Å². The van der Waals surface area contributed by atoms with Gasteiger partial charge in [-0.15, -0.1) is 0 Å². The molecule has 1 amide bonds. The molecule has 1 aliphatic rings.